The molecule has 0 radical (unpaired) electrons. The van der Waals surface area contributed by atoms with E-state index >= 15 is 0 Å². The number of carbonyl (C=O) groups is 1. The lowest BCUT2D eigenvalue weighted by Gasteiger charge is -2.29. The normalized spacial score (nSPS) is 14.5. The maximum Gasteiger partial charge on any atom is 0.320 e. The van der Waals surface area contributed by atoms with E-state index in [1.807, 2.05) is 37.1 Å². The number of ketones is 1. The number of piperidine rings is 1. The van der Waals surface area contributed by atoms with Gasteiger partial charge in [-0.05, 0) is 50.8 Å². The molecule has 1 saturated heterocycles. The lowest BCUT2D eigenvalue weighted by Crippen LogP contribution is -2.36. The molecule has 194 valence electrons. The van der Waals surface area contributed by atoms with Crippen LogP contribution in [0.3, 0.4) is 0 Å². The zero-order chi connectivity index (χ0) is 26.2. The van der Waals surface area contributed by atoms with Gasteiger partial charge in [0.1, 0.15) is 17.7 Å². The number of hydrogen-bond acceptors (Lipinski definition) is 8. The molecule has 0 saturated carbocycles. The Labute approximate surface area is 215 Å². The smallest absolute Gasteiger partial charge is 0.320 e. The van der Waals surface area contributed by atoms with Gasteiger partial charge in [0.2, 0.25) is 0 Å². The molecule has 1 aromatic carbocycles. The third-order valence-corrected chi connectivity index (χ3v) is 6.49. The average molecular weight is 493 g/mol. The van der Waals surface area contributed by atoms with E-state index in [9.17, 15) is 10.1 Å². The third-order valence-electron chi connectivity index (χ3n) is 6.49. The van der Waals surface area contributed by atoms with Gasteiger partial charge in [-0.15, -0.1) is 0 Å². The topological polar surface area (TPSA) is 94.4 Å². The van der Waals surface area contributed by atoms with Crippen molar-refractivity contribution in [3.63, 3.8) is 0 Å². The Morgan fingerprint density at radius 3 is 2.67 bits per heavy atom. The molecule has 1 fully saturated rings. The van der Waals surface area contributed by atoms with Crippen molar-refractivity contribution in [1.82, 2.24) is 14.9 Å². The van der Waals surface area contributed by atoms with Gasteiger partial charge >= 0.3 is 6.01 Å². The highest BCUT2D eigenvalue weighted by atomic mass is 16.5. The minimum absolute atomic E-state index is 0.0338. The van der Waals surface area contributed by atoms with Gasteiger partial charge in [0, 0.05) is 44.4 Å². The average Bonchev–Trinajstić information content (AvgIpc) is 2.84. The Morgan fingerprint density at radius 1 is 1.31 bits per heavy atom. The quantitative estimate of drug-likeness (QED) is 0.420. The Balaban J connectivity index is 1.99. The van der Waals surface area contributed by atoms with Crippen LogP contribution in [0.25, 0.3) is 0 Å². The number of benzene rings is 1. The lowest BCUT2D eigenvalue weighted by atomic mass is 10.0. The van der Waals surface area contributed by atoms with E-state index in [-0.39, 0.29) is 17.9 Å². The van der Waals surface area contributed by atoms with E-state index in [4.69, 9.17) is 4.74 Å². The summed E-state index contributed by atoms with van der Waals surface area (Å²) < 4.78 is 6.23. The summed E-state index contributed by atoms with van der Waals surface area (Å²) in [7, 11) is 4.05. The zero-order valence-electron chi connectivity index (χ0n) is 22.6. The highest BCUT2D eigenvalue weighted by Gasteiger charge is 2.24. The van der Waals surface area contributed by atoms with Gasteiger partial charge in [-0.25, -0.2) is 0 Å². The number of aromatic nitrogens is 2. The number of unbranched alkanes of at least 4 members (excludes halogenated alkanes) is 1. The number of carbonyl (C=O) groups excluding carboxylic acids is 1. The summed E-state index contributed by atoms with van der Waals surface area (Å²) in [6.45, 7) is 11.0. The number of nitrogens with one attached hydrogen (secondary N) is 1. The Bertz CT molecular complexity index is 1090. The number of aryl methyl sites for hydroxylation is 1. The van der Waals surface area contributed by atoms with Gasteiger partial charge in [-0.3, -0.25) is 4.79 Å². The molecule has 1 aliphatic heterocycles. The molecule has 0 unspecified atom stereocenters. The Hall–Kier alpha value is -3.18. The first kappa shape index (κ1) is 27.4. The van der Waals surface area contributed by atoms with Crippen LogP contribution in [0, 0.1) is 24.2 Å². The second-order valence-corrected chi connectivity index (χ2v) is 10.2. The van der Waals surface area contributed by atoms with Gasteiger partial charge in [0.15, 0.2) is 17.4 Å². The Morgan fingerprint density at radius 2 is 2.03 bits per heavy atom. The maximum absolute atomic E-state index is 12.7. The number of nitrogens with zero attached hydrogens (tertiary/aromatic N) is 5. The lowest BCUT2D eigenvalue weighted by molar-refractivity contribution is 0.0979. The van der Waals surface area contributed by atoms with Crippen molar-refractivity contribution in [3.8, 4) is 12.1 Å². The van der Waals surface area contributed by atoms with Crippen LogP contribution in [-0.2, 0) is 0 Å². The molecule has 0 bridgehead atoms. The van der Waals surface area contributed by atoms with Crippen molar-refractivity contribution in [2.75, 3.05) is 43.9 Å². The van der Waals surface area contributed by atoms with Crippen molar-refractivity contribution >= 4 is 23.1 Å². The summed E-state index contributed by atoms with van der Waals surface area (Å²) in [4.78, 5) is 26.2. The van der Waals surface area contributed by atoms with Crippen LogP contribution in [0.4, 0.5) is 17.3 Å². The van der Waals surface area contributed by atoms with E-state index in [1.165, 1.54) is 0 Å². The van der Waals surface area contributed by atoms with E-state index in [0.29, 0.717) is 35.1 Å². The number of likely N-dealkylation sites (tertiary alicyclic amines) is 1. The predicted molar refractivity (Wildman–Crippen MR) is 144 cm³/mol. The second kappa shape index (κ2) is 12.7. The van der Waals surface area contributed by atoms with Gasteiger partial charge in [0.05, 0.1) is 0 Å². The van der Waals surface area contributed by atoms with Crippen molar-refractivity contribution in [2.24, 2.45) is 5.92 Å². The third kappa shape index (κ3) is 7.17. The standard InChI is InChI=1S/C28H40N6O2/c1-7-8-9-25(35)21-11-10-20(4)24(16-21)30-26-23(17-29)27(34(6)18-19(2)3)32-28(31-26)36-22-12-14-33(5)15-13-22/h10-11,16,19,22H,7-9,12-15,18H2,1-6H3,(H,30,31,32). The van der Waals surface area contributed by atoms with Gasteiger partial charge in [-0.2, -0.15) is 15.2 Å². The van der Waals surface area contributed by atoms with Gasteiger partial charge in [-0.1, -0.05) is 39.3 Å². The van der Waals surface area contributed by atoms with Gasteiger partial charge < -0.3 is 19.9 Å². The van der Waals surface area contributed by atoms with E-state index in [2.05, 4.69) is 54.1 Å². The maximum atomic E-state index is 12.7. The SMILES string of the molecule is CCCCC(=O)c1ccc(C)c(Nc2nc(OC3CCN(C)CC3)nc(N(C)CC(C)C)c2C#N)c1. The first-order chi connectivity index (χ1) is 17.2. The fourth-order valence-electron chi connectivity index (χ4n) is 4.38. The van der Waals surface area contributed by atoms with Crippen LogP contribution in [-0.4, -0.2) is 60.5 Å². The minimum Gasteiger partial charge on any atom is -0.460 e. The molecule has 0 amide bonds. The van der Waals surface area contributed by atoms with Crippen molar-refractivity contribution in [1.29, 1.82) is 5.26 Å². The molecule has 2 aromatic rings. The number of rotatable bonds is 11. The number of anilines is 3. The molecule has 1 aliphatic rings. The molecule has 1 N–H and O–H groups in total. The summed E-state index contributed by atoms with van der Waals surface area (Å²) in [5.41, 5.74) is 2.72. The molecule has 0 atom stereocenters. The fourth-order valence-corrected chi connectivity index (χ4v) is 4.38. The molecule has 0 aliphatic carbocycles. The van der Waals surface area contributed by atoms with E-state index < -0.39 is 0 Å². The summed E-state index contributed by atoms with van der Waals surface area (Å²) in [5, 5.41) is 13.4. The molecule has 3 rings (SSSR count). The number of ether oxygens (including phenoxy) is 1. The van der Waals surface area contributed by atoms with Crippen LogP contribution in [0.15, 0.2) is 18.2 Å². The van der Waals surface area contributed by atoms with Crippen LogP contribution in [0.5, 0.6) is 6.01 Å². The Kier molecular flexibility index (Phi) is 9.65. The molecule has 8 heteroatoms. The fraction of sp³-hybridized carbons (Fsp3) is 0.571. The highest BCUT2D eigenvalue weighted by molar-refractivity contribution is 5.97. The molecule has 1 aromatic heterocycles. The molecule has 0 spiro atoms. The first-order valence-corrected chi connectivity index (χ1v) is 13.0. The second-order valence-electron chi connectivity index (χ2n) is 10.2. The highest BCUT2D eigenvalue weighted by Crippen LogP contribution is 2.31. The van der Waals surface area contributed by atoms with Crippen LogP contribution >= 0.6 is 0 Å². The van der Waals surface area contributed by atoms with Crippen molar-refractivity contribution < 1.29 is 9.53 Å². The largest absolute Gasteiger partial charge is 0.460 e. The van der Waals surface area contributed by atoms with Crippen molar-refractivity contribution in [2.45, 2.75) is 65.9 Å². The van der Waals surface area contributed by atoms with Crippen molar-refractivity contribution in [3.05, 3.63) is 34.9 Å². The van der Waals surface area contributed by atoms with Crippen LogP contribution < -0.4 is 15.0 Å². The zero-order valence-corrected chi connectivity index (χ0v) is 22.6. The predicted octanol–water partition coefficient (Wildman–Crippen LogP) is 5.34. The number of Topliss-reactive ketones (excluding diaryl/α,β-unsaturated/α-hetero) is 1. The summed E-state index contributed by atoms with van der Waals surface area (Å²) in [6.07, 6.45) is 4.20. The van der Waals surface area contributed by atoms with Crippen LogP contribution in [0.1, 0.15) is 74.4 Å². The molecule has 36 heavy (non-hydrogen) atoms. The van der Waals surface area contributed by atoms with Crippen LogP contribution in [0.2, 0.25) is 0 Å². The monoisotopic (exact) mass is 492 g/mol. The van der Waals surface area contributed by atoms with Gasteiger partial charge in [0.25, 0.3) is 0 Å². The molecular formula is C28H40N6O2. The molecule has 8 nitrogen and oxygen atoms in total. The van der Waals surface area contributed by atoms with E-state index in [1.54, 1.807) is 0 Å². The first-order valence-electron chi connectivity index (χ1n) is 13.0. The van der Waals surface area contributed by atoms with E-state index in [0.717, 1.165) is 56.6 Å². The summed E-state index contributed by atoms with van der Waals surface area (Å²) in [5.74, 6) is 1.44. The summed E-state index contributed by atoms with van der Waals surface area (Å²) >= 11 is 0. The number of nitriles is 1. The molecule has 2 heterocycles. The number of hydrogen-bond donors (Lipinski definition) is 1. The summed E-state index contributed by atoms with van der Waals surface area (Å²) in [6, 6.07) is 8.21. The minimum atomic E-state index is 0.0338. The molecular weight excluding hydrogens is 452 g/mol.